The lowest BCUT2D eigenvalue weighted by Gasteiger charge is -2.42. The first-order chi connectivity index (χ1) is 10.5. The predicted octanol–water partition coefficient (Wildman–Crippen LogP) is 6.14. The quantitative estimate of drug-likeness (QED) is 0.372. The molecule has 0 N–H and O–H groups in total. The highest BCUT2D eigenvalue weighted by molar-refractivity contribution is 7.25. The van der Waals surface area contributed by atoms with Gasteiger partial charge in [0.1, 0.15) is 0 Å². The van der Waals surface area contributed by atoms with E-state index in [9.17, 15) is 0 Å². The number of hydrogen-bond acceptors (Lipinski definition) is 4. The lowest BCUT2D eigenvalue weighted by molar-refractivity contribution is 0.0144. The molecule has 0 saturated carbocycles. The monoisotopic (exact) mass is 432 g/mol. The van der Waals surface area contributed by atoms with Gasteiger partial charge in [0.05, 0.1) is 28.1 Å². The molecule has 0 aliphatic carbocycles. The van der Waals surface area contributed by atoms with Crippen LogP contribution < -0.4 is 0 Å². The molecule has 0 radical (unpaired) electrons. The Hall–Kier alpha value is 0.854. The van der Waals surface area contributed by atoms with Crippen LogP contribution in [0.4, 0.5) is 0 Å². The van der Waals surface area contributed by atoms with Gasteiger partial charge < -0.3 is 17.7 Å². The lowest BCUT2D eigenvalue weighted by Crippen LogP contribution is -2.57. The third kappa shape index (κ3) is 13.6. The normalized spacial score (nSPS) is 15.6. The van der Waals surface area contributed by atoms with Gasteiger partial charge in [-0.2, -0.15) is 0 Å². The fraction of sp³-hybridized carbons (Fsp3) is 1.00. The molecule has 0 aromatic heterocycles. The molecule has 0 rings (SSSR count). The average molecular weight is 434 g/mol. The smallest absolute Gasteiger partial charge is 0.378 e. The van der Waals surface area contributed by atoms with Crippen LogP contribution in [0.15, 0.2) is 0 Å². The van der Waals surface area contributed by atoms with Gasteiger partial charge in [0, 0.05) is 0 Å². The molecule has 0 aliphatic rings. The molecule has 0 saturated heterocycles. The van der Waals surface area contributed by atoms with Gasteiger partial charge in [0.25, 0.3) is 0 Å². The molecule has 0 spiro atoms. The van der Waals surface area contributed by atoms with Crippen molar-refractivity contribution >= 4 is 37.9 Å². The van der Waals surface area contributed by atoms with Crippen molar-refractivity contribution in [3.05, 3.63) is 0 Å². The Morgan fingerprint density at radius 1 is 0.480 bits per heavy atom. The molecule has 25 heavy (non-hydrogen) atoms. The third-order valence-electron chi connectivity index (χ3n) is 2.26. The summed E-state index contributed by atoms with van der Waals surface area (Å²) in [5.74, 6) is 0. The summed E-state index contributed by atoms with van der Waals surface area (Å²) in [5.41, 5.74) is -1.60. The van der Waals surface area contributed by atoms with Gasteiger partial charge in [0.15, 0.2) is 0 Å². The van der Waals surface area contributed by atoms with Crippen LogP contribution in [0, 0.1) is 0 Å². The van der Waals surface area contributed by atoms with Gasteiger partial charge in [-0.3, -0.25) is 0 Å². The fourth-order valence-corrected chi connectivity index (χ4v) is 15.7. The second-order valence-corrected chi connectivity index (χ2v) is 18.7. The van der Waals surface area contributed by atoms with Crippen molar-refractivity contribution in [3.63, 3.8) is 0 Å². The molecule has 0 fully saturated rings. The summed E-state index contributed by atoms with van der Waals surface area (Å²) >= 11 is 13.9. The fourth-order valence-electron chi connectivity index (χ4n) is 2.27. The second kappa shape index (κ2) is 8.07. The first-order valence-corrected chi connectivity index (χ1v) is 14.8. The van der Waals surface area contributed by atoms with E-state index in [1.807, 2.05) is 83.1 Å². The average Bonchev–Trinajstić information content (AvgIpc) is 1.97. The van der Waals surface area contributed by atoms with Gasteiger partial charge >= 0.3 is 15.7 Å². The number of hydrogen-bond donors (Lipinski definition) is 0. The van der Waals surface area contributed by atoms with E-state index in [2.05, 4.69) is 0 Å². The minimum absolute atomic E-state index is 0.256. The zero-order valence-corrected chi connectivity index (χ0v) is 21.6. The van der Waals surface area contributed by atoms with Gasteiger partial charge in [-0.25, -0.2) is 0 Å². The minimum Gasteiger partial charge on any atom is -0.378 e. The highest BCUT2D eigenvalue weighted by Crippen LogP contribution is 2.39. The molecular weight excluding hydrogens is 395 g/mol. The molecule has 0 aromatic rings. The maximum absolute atomic E-state index is 6.94. The van der Waals surface area contributed by atoms with E-state index in [1.165, 1.54) is 0 Å². The summed E-state index contributed by atoms with van der Waals surface area (Å²) in [7, 11) is -6.41. The topological polar surface area (TPSA) is 36.9 Å². The number of halogens is 2. The summed E-state index contributed by atoms with van der Waals surface area (Å²) in [5, 5.41) is 0. The van der Waals surface area contributed by atoms with Crippen molar-refractivity contribution in [2.75, 3.05) is 0 Å². The van der Waals surface area contributed by atoms with Crippen molar-refractivity contribution in [1.82, 2.24) is 0 Å². The summed E-state index contributed by atoms with van der Waals surface area (Å²) in [6, 6.07) is 0. The van der Waals surface area contributed by atoms with Crippen LogP contribution >= 0.6 is 22.2 Å². The SMILES string of the molecule is CC(C)(C)O[Si](Cl)(C[Si](Cl)(OC(C)(C)C)OC(C)(C)C)OC(C)(C)C. The van der Waals surface area contributed by atoms with Crippen LogP contribution in [0.5, 0.6) is 0 Å². The molecule has 4 nitrogen and oxygen atoms in total. The molecule has 8 heteroatoms. The highest BCUT2D eigenvalue weighted by atomic mass is 35.6. The van der Waals surface area contributed by atoms with Crippen molar-refractivity contribution in [1.29, 1.82) is 0 Å². The summed E-state index contributed by atoms with van der Waals surface area (Å²) in [6.07, 6.45) is 0. The summed E-state index contributed by atoms with van der Waals surface area (Å²) < 4.78 is 24.8. The molecule has 0 atom stereocenters. The first-order valence-electron chi connectivity index (χ1n) is 8.72. The molecule has 0 bridgehead atoms. The van der Waals surface area contributed by atoms with Crippen LogP contribution in [0.1, 0.15) is 83.1 Å². The van der Waals surface area contributed by atoms with Crippen LogP contribution in [0.2, 0.25) is 5.67 Å². The Balaban J connectivity index is 5.79. The van der Waals surface area contributed by atoms with E-state index in [0.29, 0.717) is 0 Å². The zero-order valence-electron chi connectivity index (χ0n) is 18.1. The van der Waals surface area contributed by atoms with Gasteiger partial charge in [-0.1, -0.05) is 22.2 Å². The van der Waals surface area contributed by atoms with E-state index in [0.717, 1.165) is 0 Å². The predicted molar refractivity (Wildman–Crippen MR) is 111 cm³/mol. The third-order valence-corrected chi connectivity index (χ3v) is 12.6. The molecule has 152 valence electrons. The summed E-state index contributed by atoms with van der Waals surface area (Å²) in [4.78, 5) is 0. The van der Waals surface area contributed by atoms with Crippen molar-refractivity contribution in [3.8, 4) is 0 Å². The van der Waals surface area contributed by atoms with Gasteiger partial charge in [0.2, 0.25) is 0 Å². The molecule has 0 aromatic carbocycles. The molecule has 0 aliphatic heterocycles. The van der Waals surface area contributed by atoms with Gasteiger partial charge in [-0.15, -0.1) is 0 Å². The largest absolute Gasteiger partial charge is 0.447 e. The Morgan fingerprint density at radius 2 is 0.640 bits per heavy atom. The first kappa shape index (κ1) is 25.9. The minimum atomic E-state index is -3.20. The molecule has 0 unspecified atom stereocenters. The second-order valence-electron chi connectivity index (χ2n) is 10.4. The van der Waals surface area contributed by atoms with Crippen LogP contribution in [-0.4, -0.2) is 38.1 Å². The van der Waals surface area contributed by atoms with Gasteiger partial charge in [-0.05, 0) is 83.1 Å². The van der Waals surface area contributed by atoms with Crippen molar-refractivity contribution in [2.45, 2.75) is 111 Å². The van der Waals surface area contributed by atoms with Crippen LogP contribution in [0.25, 0.3) is 0 Å². The van der Waals surface area contributed by atoms with E-state index in [4.69, 9.17) is 39.9 Å². The molecule has 0 heterocycles. The Labute approximate surface area is 166 Å². The Morgan fingerprint density at radius 3 is 0.760 bits per heavy atom. The standard InChI is InChI=1S/C17H38Cl2O4Si2/c1-14(2,3)20-24(18,21-15(4,5)6)13-25(19,22-16(7,8)9)23-17(10,11)12/h13H2,1-12H3. The van der Waals surface area contributed by atoms with Crippen molar-refractivity contribution in [2.24, 2.45) is 0 Å². The maximum Gasteiger partial charge on any atom is 0.447 e. The summed E-state index contributed by atoms with van der Waals surface area (Å²) in [6.45, 7) is 23.5. The van der Waals surface area contributed by atoms with E-state index in [-0.39, 0.29) is 5.67 Å². The van der Waals surface area contributed by atoms with Crippen LogP contribution in [-0.2, 0) is 17.7 Å². The Kier molecular flexibility index (Phi) is 8.35. The number of rotatable bonds is 6. The van der Waals surface area contributed by atoms with Crippen LogP contribution in [0.3, 0.4) is 0 Å². The van der Waals surface area contributed by atoms with E-state index < -0.39 is 38.1 Å². The Bertz CT molecular complexity index is 360. The van der Waals surface area contributed by atoms with Crippen molar-refractivity contribution < 1.29 is 17.7 Å². The van der Waals surface area contributed by atoms with E-state index in [1.54, 1.807) is 0 Å². The van der Waals surface area contributed by atoms with E-state index >= 15 is 0 Å². The highest BCUT2D eigenvalue weighted by Gasteiger charge is 2.56. The molecule has 0 amide bonds. The lowest BCUT2D eigenvalue weighted by atomic mass is 10.2. The maximum atomic E-state index is 6.94. The zero-order chi connectivity index (χ0) is 20.5. The molecular formula is C17H38Cl2O4Si2.